The van der Waals surface area contributed by atoms with E-state index in [-0.39, 0.29) is 6.04 Å². The van der Waals surface area contributed by atoms with Gasteiger partial charge in [-0.05, 0) is 18.1 Å². The third-order valence-electron chi connectivity index (χ3n) is 3.76. The Morgan fingerprint density at radius 2 is 2.16 bits per heavy atom. The molecular formula is C14H19N5. The van der Waals surface area contributed by atoms with Crippen molar-refractivity contribution in [3.8, 4) is 0 Å². The Morgan fingerprint density at radius 3 is 3.00 bits per heavy atom. The van der Waals surface area contributed by atoms with Gasteiger partial charge in [0.15, 0.2) is 5.82 Å². The maximum Gasteiger partial charge on any atom is 0.152 e. The van der Waals surface area contributed by atoms with Gasteiger partial charge < -0.3 is 15.2 Å². The summed E-state index contributed by atoms with van der Waals surface area (Å²) in [6, 6.07) is 8.50. The first-order valence-electron chi connectivity index (χ1n) is 6.75. The van der Waals surface area contributed by atoms with Gasteiger partial charge in [0.1, 0.15) is 6.33 Å². The van der Waals surface area contributed by atoms with Gasteiger partial charge >= 0.3 is 0 Å². The molecule has 5 nitrogen and oxygen atoms in total. The quantitative estimate of drug-likeness (QED) is 0.909. The molecule has 0 aliphatic carbocycles. The lowest BCUT2D eigenvalue weighted by molar-refractivity contribution is 0.556. The van der Waals surface area contributed by atoms with Gasteiger partial charge in [-0.1, -0.05) is 25.1 Å². The van der Waals surface area contributed by atoms with Crippen LogP contribution in [0.1, 0.15) is 30.8 Å². The van der Waals surface area contributed by atoms with E-state index in [9.17, 15) is 0 Å². The fourth-order valence-corrected chi connectivity index (χ4v) is 2.58. The molecule has 0 saturated heterocycles. The molecule has 1 aliphatic rings. The highest BCUT2D eigenvalue weighted by Gasteiger charge is 2.20. The lowest BCUT2D eigenvalue weighted by atomic mass is 10.0. The van der Waals surface area contributed by atoms with Crippen LogP contribution in [-0.4, -0.2) is 21.3 Å². The van der Waals surface area contributed by atoms with Crippen LogP contribution in [0.4, 0.5) is 5.69 Å². The minimum absolute atomic E-state index is 0.0935. The number of nitrogens with two attached hydrogens (primary N) is 1. The van der Waals surface area contributed by atoms with Crippen LogP contribution in [0.25, 0.3) is 0 Å². The molecule has 1 aromatic heterocycles. The van der Waals surface area contributed by atoms with E-state index in [0.717, 1.165) is 31.9 Å². The molecule has 5 heteroatoms. The summed E-state index contributed by atoms with van der Waals surface area (Å²) in [5.41, 5.74) is 8.66. The molecule has 2 heterocycles. The predicted octanol–water partition coefficient (Wildman–Crippen LogP) is 1.71. The summed E-state index contributed by atoms with van der Waals surface area (Å²) in [4.78, 5) is 2.34. The Balaban J connectivity index is 1.91. The number of rotatable bonds is 3. The summed E-state index contributed by atoms with van der Waals surface area (Å²) in [5, 5.41) is 8.13. The van der Waals surface area contributed by atoms with Crippen LogP contribution in [0.3, 0.4) is 0 Å². The zero-order valence-electron chi connectivity index (χ0n) is 11.2. The first-order chi connectivity index (χ1) is 9.29. The van der Waals surface area contributed by atoms with Crippen LogP contribution in [0.2, 0.25) is 0 Å². The van der Waals surface area contributed by atoms with E-state index in [4.69, 9.17) is 5.73 Å². The highest BCUT2D eigenvalue weighted by atomic mass is 15.3. The summed E-state index contributed by atoms with van der Waals surface area (Å²) in [6.45, 7) is 4.82. The van der Waals surface area contributed by atoms with Gasteiger partial charge in [0.05, 0.1) is 6.54 Å². The number of aromatic nitrogens is 3. The van der Waals surface area contributed by atoms with Crippen molar-refractivity contribution >= 4 is 5.69 Å². The van der Waals surface area contributed by atoms with Crippen LogP contribution in [0.5, 0.6) is 0 Å². The van der Waals surface area contributed by atoms with Gasteiger partial charge in [0.25, 0.3) is 0 Å². The normalized spacial score (nSPS) is 16.2. The largest absolute Gasteiger partial charge is 0.362 e. The highest BCUT2D eigenvalue weighted by Crippen LogP contribution is 2.28. The number of benzene rings is 1. The van der Waals surface area contributed by atoms with Crippen molar-refractivity contribution in [1.29, 1.82) is 0 Å². The summed E-state index contributed by atoms with van der Waals surface area (Å²) in [6.07, 6.45) is 2.75. The molecule has 0 bridgehead atoms. The lowest BCUT2D eigenvalue weighted by Crippen LogP contribution is -2.34. The van der Waals surface area contributed by atoms with Crippen molar-refractivity contribution in [2.45, 2.75) is 32.5 Å². The summed E-state index contributed by atoms with van der Waals surface area (Å²) >= 11 is 0. The maximum atomic E-state index is 6.22. The zero-order chi connectivity index (χ0) is 13.2. The van der Waals surface area contributed by atoms with Gasteiger partial charge in [-0.15, -0.1) is 10.2 Å². The standard InChI is InChI=1S/C14H19N5/c1-2-12(15)11-5-3-4-6-13(11)18-7-8-19-10-16-17-14(19)9-18/h3-6,10,12H,2,7-9,15H2,1H3/t12-/m0/s1. The molecule has 1 atom stereocenters. The van der Waals surface area contributed by atoms with Crippen molar-refractivity contribution in [1.82, 2.24) is 14.8 Å². The van der Waals surface area contributed by atoms with E-state index in [2.05, 4.69) is 50.9 Å². The second-order valence-electron chi connectivity index (χ2n) is 4.94. The van der Waals surface area contributed by atoms with E-state index in [1.54, 1.807) is 6.33 Å². The minimum atomic E-state index is 0.0935. The first-order valence-corrected chi connectivity index (χ1v) is 6.75. The number of fused-ring (bicyclic) bond motifs is 1. The molecule has 2 N–H and O–H groups in total. The van der Waals surface area contributed by atoms with Crippen LogP contribution >= 0.6 is 0 Å². The van der Waals surface area contributed by atoms with Crippen LogP contribution in [-0.2, 0) is 13.1 Å². The van der Waals surface area contributed by atoms with E-state index >= 15 is 0 Å². The fraction of sp³-hybridized carbons (Fsp3) is 0.429. The van der Waals surface area contributed by atoms with Crippen molar-refractivity contribution in [3.63, 3.8) is 0 Å². The molecule has 1 aromatic carbocycles. The predicted molar refractivity (Wildman–Crippen MR) is 74.7 cm³/mol. The number of hydrogen-bond acceptors (Lipinski definition) is 4. The van der Waals surface area contributed by atoms with Gasteiger partial charge in [-0.2, -0.15) is 0 Å². The van der Waals surface area contributed by atoms with Gasteiger partial charge in [-0.3, -0.25) is 0 Å². The Hall–Kier alpha value is -1.88. The monoisotopic (exact) mass is 257 g/mol. The van der Waals surface area contributed by atoms with E-state index < -0.39 is 0 Å². The van der Waals surface area contributed by atoms with Gasteiger partial charge in [0, 0.05) is 24.8 Å². The molecule has 0 saturated carbocycles. The van der Waals surface area contributed by atoms with Gasteiger partial charge in [0.2, 0.25) is 0 Å². The summed E-state index contributed by atoms with van der Waals surface area (Å²) in [5.74, 6) is 1.02. The SMILES string of the molecule is CC[C@H](N)c1ccccc1N1CCn2cnnc2C1. The molecule has 100 valence electrons. The molecule has 2 aromatic rings. The molecule has 3 rings (SSSR count). The van der Waals surface area contributed by atoms with Crippen molar-refractivity contribution in [3.05, 3.63) is 42.0 Å². The Morgan fingerprint density at radius 1 is 1.32 bits per heavy atom. The fourth-order valence-electron chi connectivity index (χ4n) is 2.58. The van der Waals surface area contributed by atoms with Crippen molar-refractivity contribution in [2.24, 2.45) is 5.73 Å². The smallest absolute Gasteiger partial charge is 0.152 e. The minimum Gasteiger partial charge on any atom is -0.362 e. The Kier molecular flexibility index (Phi) is 3.21. The average Bonchev–Trinajstić information content (AvgIpc) is 2.93. The molecule has 0 radical (unpaired) electrons. The average molecular weight is 257 g/mol. The van der Waals surface area contributed by atoms with Crippen LogP contribution < -0.4 is 10.6 Å². The summed E-state index contributed by atoms with van der Waals surface area (Å²) < 4.78 is 2.11. The molecule has 0 spiro atoms. The number of anilines is 1. The number of nitrogens with zero attached hydrogens (tertiary/aromatic N) is 4. The van der Waals surface area contributed by atoms with Crippen molar-refractivity contribution in [2.75, 3.05) is 11.4 Å². The highest BCUT2D eigenvalue weighted by molar-refractivity contribution is 5.55. The molecule has 1 aliphatic heterocycles. The second kappa shape index (κ2) is 5.01. The first kappa shape index (κ1) is 12.2. The number of hydrogen-bond donors (Lipinski definition) is 1. The Labute approximate surface area is 113 Å². The third-order valence-corrected chi connectivity index (χ3v) is 3.76. The third kappa shape index (κ3) is 2.21. The topological polar surface area (TPSA) is 60.0 Å². The summed E-state index contributed by atoms with van der Waals surface area (Å²) in [7, 11) is 0. The molecular weight excluding hydrogens is 238 g/mol. The van der Waals surface area contributed by atoms with Crippen molar-refractivity contribution < 1.29 is 0 Å². The lowest BCUT2D eigenvalue weighted by Gasteiger charge is -2.31. The van der Waals surface area contributed by atoms with Crippen LogP contribution in [0, 0.1) is 0 Å². The molecule has 0 fully saturated rings. The molecule has 0 unspecified atom stereocenters. The van der Waals surface area contributed by atoms with Crippen LogP contribution in [0.15, 0.2) is 30.6 Å². The molecule has 19 heavy (non-hydrogen) atoms. The zero-order valence-corrected chi connectivity index (χ0v) is 11.2. The maximum absolute atomic E-state index is 6.22. The van der Waals surface area contributed by atoms with E-state index in [1.165, 1.54) is 11.3 Å². The van der Waals surface area contributed by atoms with E-state index in [1.807, 2.05) is 0 Å². The Bertz CT molecular complexity index is 562. The number of para-hydroxylation sites is 1. The molecule has 0 amide bonds. The van der Waals surface area contributed by atoms with Gasteiger partial charge in [-0.25, -0.2) is 0 Å². The van der Waals surface area contributed by atoms with E-state index in [0.29, 0.717) is 0 Å². The second-order valence-corrected chi connectivity index (χ2v) is 4.94.